The number of hydrogen-bond acceptors (Lipinski definition) is 2. The maximum absolute atomic E-state index is 3.96. The Morgan fingerprint density at radius 1 is 1.30 bits per heavy atom. The molecular formula is C6H6Br2N2. The van der Waals surface area contributed by atoms with E-state index in [1.165, 1.54) is 0 Å². The van der Waals surface area contributed by atoms with Gasteiger partial charge in [0.25, 0.3) is 0 Å². The molecule has 0 unspecified atom stereocenters. The molecule has 54 valence electrons. The van der Waals surface area contributed by atoms with Gasteiger partial charge in [0.1, 0.15) is 0 Å². The summed E-state index contributed by atoms with van der Waals surface area (Å²) in [5.41, 5.74) is 1.02. The summed E-state index contributed by atoms with van der Waals surface area (Å²) in [6, 6.07) is 0. The van der Waals surface area contributed by atoms with Gasteiger partial charge in [-0.2, -0.15) is 0 Å². The Kier molecular flexibility index (Phi) is 2.68. The van der Waals surface area contributed by atoms with Gasteiger partial charge in [-0.3, -0.25) is 4.98 Å². The van der Waals surface area contributed by atoms with E-state index in [1.54, 1.807) is 12.4 Å². The van der Waals surface area contributed by atoms with E-state index in [4.69, 9.17) is 0 Å². The first kappa shape index (κ1) is 8.01. The van der Waals surface area contributed by atoms with Crippen molar-refractivity contribution in [3.05, 3.63) is 21.3 Å². The van der Waals surface area contributed by atoms with Gasteiger partial charge < -0.3 is 5.32 Å². The number of nitrogens with one attached hydrogen (secondary N) is 1. The molecule has 0 fully saturated rings. The molecule has 0 aliphatic rings. The van der Waals surface area contributed by atoms with Crippen LogP contribution in [0.1, 0.15) is 0 Å². The van der Waals surface area contributed by atoms with Crippen molar-refractivity contribution in [1.82, 2.24) is 4.98 Å². The Balaban J connectivity index is 3.17. The predicted octanol–water partition coefficient (Wildman–Crippen LogP) is 2.65. The lowest BCUT2D eigenvalue weighted by atomic mass is 10.4. The zero-order chi connectivity index (χ0) is 7.56. The SMILES string of the molecule is CNc1c(Br)cncc1Br. The van der Waals surface area contributed by atoms with E-state index in [9.17, 15) is 0 Å². The first-order valence-corrected chi connectivity index (χ1v) is 4.31. The topological polar surface area (TPSA) is 24.9 Å². The highest BCUT2D eigenvalue weighted by molar-refractivity contribution is 9.11. The fraction of sp³-hybridized carbons (Fsp3) is 0.167. The van der Waals surface area contributed by atoms with Gasteiger partial charge in [-0.1, -0.05) is 0 Å². The van der Waals surface area contributed by atoms with Crippen molar-refractivity contribution in [1.29, 1.82) is 0 Å². The Morgan fingerprint density at radius 3 is 2.10 bits per heavy atom. The lowest BCUT2D eigenvalue weighted by Gasteiger charge is -2.03. The second kappa shape index (κ2) is 3.34. The van der Waals surface area contributed by atoms with Crippen molar-refractivity contribution >= 4 is 37.5 Å². The van der Waals surface area contributed by atoms with E-state index < -0.39 is 0 Å². The molecule has 1 aromatic heterocycles. The monoisotopic (exact) mass is 264 g/mol. The molecule has 0 bridgehead atoms. The van der Waals surface area contributed by atoms with Crippen LogP contribution in [0.4, 0.5) is 5.69 Å². The van der Waals surface area contributed by atoms with Crippen LogP contribution in [0.3, 0.4) is 0 Å². The van der Waals surface area contributed by atoms with Gasteiger partial charge in [0, 0.05) is 19.4 Å². The van der Waals surface area contributed by atoms with Crippen LogP contribution in [-0.4, -0.2) is 12.0 Å². The Labute approximate surface area is 76.3 Å². The summed E-state index contributed by atoms with van der Waals surface area (Å²) in [6.45, 7) is 0. The van der Waals surface area contributed by atoms with Crippen molar-refractivity contribution in [3.63, 3.8) is 0 Å². The van der Waals surface area contributed by atoms with Gasteiger partial charge in [0.05, 0.1) is 14.6 Å². The van der Waals surface area contributed by atoms with Crippen LogP contribution >= 0.6 is 31.9 Å². The van der Waals surface area contributed by atoms with E-state index in [2.05, 4.69) is 42.2 Å². The van der Waals surface area contributed by atoms with Gasteiger partial charge in [0.15, 0.2) is 0 Å². The number of pyridine rings is 1. The van der Waals surface area contributed by atoms with Crippen LogP contribution in [0.5, 0.6) is 0 Å². The normalized spacial score (nSPS) is 9.50. The summed E-state index contributed by atoms with van der Waals surface area (Å²) in [5.74, 6) is 0. The third-order valence-corrected chi connectivity index (χ3v) is 2.31. The highest BCUT2D eigenvalue weighted by Crippen LogP contribution is 2.28. The maximum Gasteiger partial charge on any atom is 0.0657 e. The van der Waals surface area contributed by atoms with Crippen LogP contribution in [0.2, 0.25) is 0 Å². The van der Waals surface area contributed by atoms with Crippen LogP contribution in [0, 0.1) is 0 Å². The van der Waals surface area contributed by atoms with Gasteiger partial charge in [-0.25, -0.2) is 0 Å². The van der Waals surface area contributed by atoms with Crippen LogP contribution in [0.15, 0.2) is 21.3 Å². The molecule has 0 aliphatic carbocycles. The third-order valence-electron chi connectivity index (χ3n) is 1.10. The zero-order valence-electron chi connectivity index (χ0n) is 5.36. The highest BCUT2D eigenvalue weighted by Gasteiger charge is 2.00. The number of anilines is 1. The molecule has 10 heavy (non-hydrogen) atoms. The van der Waals surface area contributed by atoms with Crippen molar-refractivity contribution in [3.8, 4) is 0 Å². The summed E-state index contributed by atoms with van der Waals surface area (Å²) in [5, 5.41) is 3.03. The quantitative estimate of drug-likeness (QED) is 0.845. The second-order valence-corrected chi connectivity index (χ2v) is 3.44. The zero-order valence-corrected chi connectivity index (χ0v) is 8.53. The molecule has 4 heteroatoms. The molecule has 0 atom stereocenters. The minimum atomic E-state index is 0.962. The van der Waals surface area contributed by atoms with E-state index in [-0.39, 0.29) is 0 Å². The molecule has 0 saturated carbocycles. The summed E-state index contributed by atoms with van der Waals surface area (Å²) in [4.78, 5) is 3.96. The molecule has 2 nitrogen and oxygen atoms in total. The Hall–Kier alpha value is -0.0900. The lowest BCUT2D eigenvalue weighted by Crippen LogP contribution is -1.90. The van der Waals surface area contributed by atoms with E-state index >= 15 is 0 Å². The molecule has 1 heterocycles. The van der Waals surface area contributed by atoms with Crippen molar-refractivity contribution < 1.29 is 0 Å². The summed E-state index contributed by atoms with van der Waals surface area (Å²) in [7, 11) is 1.87. The van der Waals surface area contributed by atoms with Crippen molar-refractivity contribution in [2.45, 2.75) is 0 Å². The number of aromatic nitrogens is 1. The van der Waals surface area contributed by atoms with Gasteiger partial charge in [-0.05, 0) is 31.9 Å². The molecule has 0 aliphatic heterocycles. The van der Waals surface area contributed by atoms with Gasteiger partial charge >= 0.3 is 0 Å². The summed E-state index contributed by atoms with van der Waals surface area (Å²) >= 11 is 6.70. The first-order chi connectivity index (χ1) is 4.75. The fourth-order valence-corrected chi connectivity index (χ4v) is 1.98. The molecule has 0 radical (unpaired) electrons. The molecule has 1 N–H and O–H groups in total. The van der Waals surface area contributed by atoms with E-state index in [0.29, 0.717) is 0 Å². The molecule has 1 rings (SSSR count). The van der Waals surface area contributed by atoms with Crippen LogP contribution in [-0.2, 0) is 0 Å². The molecule has 0 aromatic carbocycles. The van der Waals surface area contributed by atoms with Crippen LogP contribution in [0.25, 0.3) is 0 Å². The van der Waals surface area contributed by atoms with Gasteiger partial charge in [0.2, 0.25) is 0 Å². The van der Waals surface area contributed by atoms with Crippen molar-refractivity contribution in [2.24, 2.45) is 0 Å². The fourth-order valence-electron chi connectivity index (χ4n) is 0.650. The number of nitrogens with zero attached hydrogens (tertiary/aromatic N) is 1. The molecular weight excluding hydrogens is 260 g/mol. The average Bonchev–Trinajstić information content (AvgIpc) is 1.88. The number of halogens is 2. The Bertz CT molecular complexity index is 217. The molecule has 0 saturated heterocycles. The average molecular weight is 266 g/mol. The molecule has 0 amide bonds. The Morgan fingerprint density at radius 2 is 1.80 bits per heavy atom. The summed E-state index contributed by atoms with van der Waals surface area (Å²) < 4.78 is 1.92. The predicted molar refractivity (Wildman–Crippen MR) is 49.2 cm³/mol. The minimum Gasteiger partial charge on any atom is -0.386 e. The first-order valence-electron chi connectivity index (χ1n) is 2.72. The highest BCUT2D eigenvalue weighted by atomic mass is 79.9. The second-order valence-electron chi connectivity index (χ2n) is 1.73. The van der Waals surface area contributed by atoms with Crippen molar-refractivity contribution in [2.75, 3.05) is 12.4 Å². The summed E-state index contributed by atoms with van der Waals surface area (Å²) in [6.07, 6.45) is 3.49. The van der Waals surface area contributed by atoms with E-state index in [0.717, 1.165) is 14.6 Å². The molecule has 1 aromatic rings. The maximum atomic E-state index is 3.96. The largest absolute Gasteiger partial charge is 0.386 e. The standard InChI is InChI=1S/C6H6Br2N2/c1-9-6-4(7)2-10-3-5(6)8/h2-3H,1H3,(H,9,10). The lowest BCUT2D eigenvalue weighted by molar-refractivity contribution is 1.28. The van der Waals surface area contributed by atoms with Gasteiger partial charge in [-0.15, -0.1) is 0 Å². The smallest absolute Gasteiger partial charge is 0.0657 e. The van der Waals surface area contributed by atoms with Crippen LogP contribution < -0.4 is 5.32 Å². The minimum absolute atomic E-state index is 0.962. The number of hydrogen-bond donors (Lipinski definition) is 1. The number of rotatable bonds is 1. The third kappa shape index (κ3) is 1.49. The molecule has 0 spiro atoms. The van der Waals surface area contributed by atoms with E-state index in [1.807, 2.05) is 7.05 Å².